The summed E-state index contributed by atoms with van der Waals surface area (Å²) in [5.41, 5.74) is 0. The Bertz CT molecular complexity index is 318. The maximum Gasteiger partial charge on any atom is 0.124 e. The van der Waals surface area contributed by atoms with Gasteiger partial charge < -0.3 is 9.84 Å². The van der Waals surface area contributed by atoms with Gasteiger partial charge in [0.25, 0.3) is 0 Å². The van der Waals surface area contributed by atoms with Crippen molar-refractivity contribution in [3.05, 3.63) is 30.1 Å². The molecule has 90 valence electrons. The fourth-order valence-electron chi connectivity index (χ4n) is 1.10. The fourth-order valence-corrected chi connectivity index (χ4v) is 1.95. The predicted octanol–water partition coefficient (Wildman–Crippen LogP) is 2.70. The van der Waals surface area contributed by atoms with Crippen molar-refractivity contribution in [2.45, 2.75) is 31.0 Å². The van der Waals surface area contributed by atoms with Crippen molar-refractivity contribution < 1.29 is 14.2 Å². The normalized spacial score (nSPS) is 13.1. The molecule has 0 saturated heterocycles. The molecule has 1 aromatic rings. The third-order valence-corrected chi connectivity index (χ3v) is 3.00. The van der Waals surface area contributed by atoms with Gasteiger partial charge in [-0.3, -0.25) is 0 Å². The lowest BCUT2D eigenvalue weighted by Crippen LogP contribution is -2.20. The molecule has 1 unspecified atom stereocenters. The van der Waals surface area contributed by atoms with Crippen LogP contribution in [0.5, 0.6) is 0 Å². The van der Waals surface area contributed by atoms with Crippen molar-refractivity contribution in [2.24, 2.45) is 0 Å². The van der Waals surface area contributed by atoms with Gasteiger partial charge in [0.2, 0.25) is 0 Å². The van der Waals surface area contributed by atoms with Crippen LogP contribution < -0.4 is 0 Å². The maximum atomic E-state index is 12.8. The van der Waals surface area contributed by atoms with Crippen molar-refractivity contribution in [3.8, 4) is 0 Å². The minimum absolute atomic E-state index is 0.119. The number of rotatable bonds is 6. The SMILES string of the molecule is CC(C)OCC(O)CSc1cccc(F)c1. The molecule has 0 heterocycles. The maximum absolute atomic E-state index is 12.8. The second-order valence-corrected chi connectivity index (χ2v) is 4.90. The molecule has 0 aliphatic rings. The molecule has 0 amide bonds. The average Bonchev–Trinajstić information content (AvgIpc) is 2.23. The zero-order valence-electron chi connectivity index (χ0n) is 9.52. The predicted molar refractivity (Wildman–Crippen MR) is 64.2 cm³/mol. The molecule has 0 saturated carbocycles. The van der Waals surface area contributed by atoms with Crippen LogP contribution in [-0.4, -0.2) is 29.7 Å². The Balaban J connectivity index is 2.28. The first kappa shape index (κ1) is 13.5. The molecule has 1 N–H and O–H groups in total. The highest BCUT2D eigenvalue weighted by atomic mass is 32.2. The number of aliphatic hydroxyl groups excluding tert-OH is 1. The van der Waals surface area contributed by atoms with Crippen LogP contribution in [0.3, 0.4) is 0 Å². The quantitative estimate of drug-likeness (QED) is 0.780. The molecule has 0 radical (unpaired) electrons. The third-order valence-electron chi connectivity index (χ3n) is 1.86. The summed E-state index contributed by atoms with van der Waals surface area (Å²) in [5.74, 6) is 0.258. The van der Waals surface area contributed by atoms with Gasteiger partial charge in [0, 0.05) is 10.6 Å². The summed E-state index contributed by atoms with van der Waals surface area (Å²) < 4.78 is 18.1. The summed E-state index contributed by atoms with van der Waals surface area (Å²) >= 11 is 1.42. The van der Waals surface area contributed by atoms with Crippen molar-refractivity contribution in [1.29, 1.82) is 0 Å². The lowest BCUT2D eigenvalue weighted by molar-refractivity contribution is 0.0152. The lowest BCUT2D eigenvalue weighted by Gasteiger charge is -2.13. The molecule has 0 aromatic heterocycles. The third kappa shape index (κ3) is 5.49. The van der Waals surface area contributed by atoms with Gasteiger partial charge in [-0.2, -0.15) is 0 Å². The highest BCUT2D eigenvalue weighted by Gasteiger charge is 2.06. The molecule has 1 aromatic carbocycles. The molecular formula is C12H17FO2S. The zero-order valence-corrected chi connectivity index (χ0v) is 10.3. The molecule has 4 heteroatoms. The van der Waals surface area contributed by atoms with Crippen molar-refractivity contribution >= 4 is 11.8 Å². The van der Waals surface area contributed by atoms with E-state index in [1.54, 1.807) is 6.07 Å². The Labute approximate surface area is 99.8 Å². The fraction of sp³-hybridized carbons (Fsp3) is 0.500. The van der Waals surface area contributed by atoms with E-state index in [1.165, 1.54) is 23.9 Å². The molecule has 0 bridgehead atoms. The highest BCUT2D eigenvalue weighted by Crippen LogP contribution is 2.19. The van der Waals surface area contributed by atoms with Crippen LogP contribution in [0.25, 0.3) is 0 Å². The smallest absolute Gasteiger partial charge is 0.124 e. The second-order valence-electron chi connectivity index (χ2n) is 3.80. The summed E-state index contributed by atoms with van der Waals surface area (Å²) in [6, 6.07) is 6.35. The van der Waals surface area contributed by atoms with Crippen LogP contribution in [-0.2, 0) is 4.74 Å². The Morgan fingerprint density at radius 1 is 1.44 bits per heavy atom. The van der Waals surface area contributed by atoms with Crippen molar-refractivity contribution in [1.82, 2.24) is 0 Å². The topological polar surface area (TPSA) is 29.5 Å². The standard InChI is InChI=1S/C12H17FO2S/c1-9(2)15-7-11(14)8-16-12-5-3-4-10(13)6-12/h3-6,9,11,14H,7-8H2,1-2H3. The van der Waals surface area contributed by atoms with E-state index in [2.05, 4.69) is 0 Å². The summed E-state index contributed by atoms with van der Waals surface area (Å²) in [7, 11) is 0. The first-order valence-corrected chi connectivity index (χ1v) is 6.24. The lowest BCUT2D eigenvalue weighted by atomic mass is 10.3. The van der Waals surface area contributed by atoms with Gasteiger partial charge in [0.05, 0.1) is 18.8 Å². The molecule has 1 atom stereocenters. The monoisotopic (exact) mass is 244 g/mol. The molecule has 0 aliphatic heterocycles. The largest absolute Gasteiger partial charge is 0.390 e. The van der Waals surface area contributed by atoms with Crippen LogP contribution in [0.4, 0.5) is 4.39 Å². The first-order valence-electron chi connectivity index (χ1n) is 5.26. The zero-order chi connectivity index (χ0) is 12.0. The van der Waals surface area contributed by atoms with Gasteiger partial charge in [0.1, 0.15) is 5.82 Å². The Hall–Kier alpha value is -0.580. The second kappa shape index (κ2) is 6.89. The van der Waals surface area contributed by atoms with Crippen LogP contribution in [0.2, 0.25) is 0 Å². The molecule has 1 rings (SSSR count). The highest BCUT2D eigenvalue weighted by molar-refractivity contribution is 7.99. The number of hydrogen-bond acceptors (Lipinski definition) is 3. The summed E-state index contributed by atoms with van der Waals surface area (Å²) in [4.78, 5) is 0.823. The molecular weight excluding hydrogens is 227 g/mol. The van der Waals surface area contributed by atoms with E-state index >= 15 is 0 Å². The van der Waals surface area contributed by atoms with Crippen molar-refractivity contribution in [2.75, 3.05) is 12.4 Å². The number of benzene rings is 1. The molecule has 0 fully saturated rings. The van der Waals surface area contributed by atoms with Gasteiger partial charge in [-0.25, -0.2) is 4.39 Å². The number of hydrogen-bond donors (Lipinski definition) is 1. The van der Waals surface area contributed by atoms with E-state index < -0.39 is 6.10 Å². The number of halogens is 1. The van der Waals surface area contributed by atoms with Gasteiger partial charge >= 0.3 is 0 Å². The Morgan fingerprint density at radius 3 is 2.81 bits per heavy atom. The Morgan fingerprint density at radius 2 is 2.19 bits per heavy atom. The van der Waals surface area contributed by atoms with Crippen LogP contribution in [0, 0.1) is 5.82 Å². The van der Waals surface area contributed by atoms with E-state index in [0.717, 1.165) is 4.90 Å². The first-order chi connectivity index (χ1) is 7.58. The summed E-state index contributed by atoms with van der Waals surface area (Å²) in [5, 5.41) is 9.59. The summed E-state index contributed by atoms with van der Waals surface area (Å²) in [6.07, 6.45) is -0.399. The molecule has 2 nitrogen and oxygen atoms in total. The van der Waals surface area contributed by atoms with E-state index in [1.807, 2.05) is 19.9 Å². The number of ether oxygens (including phenoxy) is 1. The van der Waals surface area contributed by atoms with E-state index in [4.69, 9.17) is 4.74 Å². The van der Waals surface area contributed by atoms with Gasteiger partial charge in [-0.15, -0.1) is 11.8 Å². The van der Waals surface area contributed by atoms with Gasteiger partial charge in [0.15, 0.2) is 0 Å². The van der Waals surface area contributed by atoms with Gasteiger partial charge in [-0.1, -0.05) is 6.07 Å². The van der Waals surface area contributed by atoms with E-state index in [9.17, 15) is 9.50 Å². The van der Waals surface area contributed by atoms with Crippen molar-refractivity contribution in [3.63, 3.8) is 0 Å². The van der Waals surface area contributed by atoms with Crippen LogP contribution >= 0.6 is 11.8 Å². The molecule has 0 spiro atoms. The average molecular weight is 244 g/mol. The molecule has 16 heavy (non-hydrogen) atoms. The van der Waals surface area contributed by atoms with E-state index in [-0.39, 0.29) is 11.9 Å². The van der Waals surface area contributed by atoms with Gasteiger partial charge in [-0.05, 0) is 32.0 Å². The number of aliphatic hydroxyl groups is 1. The van der Waals surface area contributed by atoms with E-state index in [0.29, 0.717) is 12.4 Å². The van der Waals surface area contributed by atoms with Crippen LogP contribution in [0.15, 0.2) is 29.2 Å². The van der Waals surface area contributed by atoms with Crippen LogP contribution in [0.1, 0.15) is 13.8 Å². The molecule has 0 aliphatic carbocycles. The minimum Gasteiger partial charge on any atom is -0.390 e. The Kier molecular flexibility index (Phi) is 5.80. The number of thioether (sulfide) groups is 1. The minimum atomic E-state index is -0.518. The summed E-state index contributed by atoms with van der Waals surface area (Å²) in [6.45, 7) is 4.17.